The lowest BCUT2D eigenvalue weighted by Gasteiger charge is -2.32. The van der Waals surface area contributed by atoms with Crippen molar-refractivity contribution in [2.45, 2.75) is 64.3 Å². The van der Waals surface area contributed by atoms with Crippen LogP contribution >= 0.6 is 0 Å². The molecule has 1 aromatic carbocycles. The first-order valence-electron chi connectivity index (χ1n) is 8.68. The van der Waals surface area contributed by atoms with Crippen molar-refractivity contribution in [3.05, 3.63) is 35.4 Å². The highest BCUT2D eigenvalue weighted by molar-refractivity contribution is 5.32. The minimum atomic E-state index is 0.741. The third-order valence-corrected chi connectivity index (χ3v) is 5.44. The van der Waals surface area contributed by atoms with Crippen LogP contribution in [0.25, 0.3) is 0 Å². The van der Waals surface area contributed by atoms with Gasteiger partial charge in [0.15, 0.2) is 0 Å². The van der Waals surface area contributed by atoms with Gasteiger partial charge in [-0.15, -0.1) is 0 Å². The molecule has 1 fully saturated rings. The van der Waals surface area contributed by atoms with E-state index in [4.69, 9.17) is 0 Å². The molecule has 1 N–H and O–H groups in total. The summed E-state index contributed by atoms with van der Waals surface area (Å²) in [6, 6.07) is 9.83. The van der Waals surface area contributed by atoms with E-state index in [-0.39, 0.29) is 0 Å². The quantitative estimate of drug-likeness (QED) is 0.803. The van der Waals surface area contributed by atoms with Gasteiger partial charge < -0.3 is 5.32 Å². The molecule has 1 saturated carbocycles. The van der Waals surface area contributed by atoms with Crippen molar-refractivity contribution in [2.24, 2.45) is 11.8 Å². The third kappa shape index (κ3) is 3.09. The van der Waals surface area contributed by atoms with Gasteiger partial charge in [-0.1, -0.05) is 56.9 Å². The fraction of sp³-hybridized carbons (Fsp3) is 0.684. The zero-order valence-electron chi connectivity index (χ0n) is 12.9. The van der Waals surface area contributed by atoms with Crippen LogP contribution < -0.4 is 5.32 Å². The molecule has 0 spiro atoms. The Bertz CT molecular complexity index is 393. The molecular weight excluding hydrogens is 242 g/mol. The molecule has 1 atom stereocenters. The van der Waals surface area contributed by atoms with Crippen LogP contribution in [0.1, 0.15) is 56.6 Å². The molecule has 1 unspecified atom stereocenters. The summed E-state index contributed by atoms with van der Waals surface area (Å²) >= 11 is 0. The Balaban J connectivity index is 1.71. The van der Waals surface area contributed by atoms with Gasteiger partial charge in [0, 0.05) is 6.04 Å². The van der Waals surface area contributed by atoms with Crippen molar-refractivity contribution in [3.8, 4) is 0 Å². The van der Waals surface area contributed by atoms with Gasteiger partial charge >= 0.3 is 0 Å². The standard InChI is InChI=1S/C19H29N/c1-2-20-19(15-9-5-3-4-6-10-15)18-13-16-11-7-8-12-17(16)14-18/h7-8,11-12,15,18-20H,2-6,9-10,13-14H2,1H3. The van der Waals surface area contributed by atoms with E-state index in [2.05, 4.69) is 36.5 Å². The fourth-order valence-corrected chi connectivity index (χ4v) is 4.47. The van der Waals surface area contributed by atoms with Gasteiger partial charge in [0.1, 0.15) is 0 Å². The van der Waals surface area contributed by atoms with Crippen molar-refractivity contribution < 1.29 is 0 Å². The van der Waals surface area contributed by atoms with Crippen molar-refractivity contribution in [3.63, 3.8) is 0 Å². The van der Waals surface area contributed by atoms with Crippen molar-refractivity contribution in [1.29, 1.82) is 0 Å². The largest absolute Gasteiger partial charge is 0.314 e. The highest BCUT2D eigenvalue weighted by Crippen LogP contribution is 2.35. The zero-order valence-corrected chi connectivity index (χ0v) is 12.9. The minimum Gasteiger partial charge on any atom is -0.314 e. The summed E-state index contributed by atoms with van der Waals surface area (Å²) in [5, 5.41) is 3.86. The van der Waals surface area contributed by atoms with Gasteiger partial charge in [-0.3, -0.25) is 0 Å². The molecule has 110 valence electrons. The van der Waals surface area contributed by atoms with Gasteiger partial charge in [-0.05, 0) is 55.2 Å². The summed E-state index contributed by atoms with van der Waals surface area (Å²) in [7, 11) is 0. The highest BCUT2D eigenvalue weighted by Gasteiger charge is 2.33. The minimum absolute atomic E-state index is 0.741. The van der Waals surface area contributed by atoms with E-state index in [9.17, 15) is 0 Å². The van der Waals surface area contributed by atoms with Crippen LogP contribution in [0.15, 0.2) is 24.3 Å². The molecule has 2 aliphatic rings. The average Bonchev–Trinajstić information content (AvgIpc) is 2.71. The second-order valence-electron chi connectivity index (χ2n) is 6.77. The topological polar surface area (TPSA) is 12.0 Å². The number of hydrogen-bond acceptors (Lipinski definition) is 1. The maximum absolute atomic E-state index is 3.86. The van der Waals surface area contributed by atoms with Gasteiger partial charge in [0.2, 0.25) is 0 Å². The number of rotatable bonds is 4. The third-order valence-electron chi connectivity index (χ3n) is 5.44. The highest BCUT2D eigenvalue weighted by atomic mass is 14.9. The first kappa shape index (κ1) is 14.1. The molecule has 0 radical (unpaired) electrons. The summed E-state index contributed by atoms with van der Waals surface area (Å²) in [4.78, 5) is 0. The van der Waals surface area contributed by atoms with E-state index in [1.807, 2.05) is 0 Å². The summed E-state index contributed by atoms with van der Waals surface area (Å²) in [6.07, 6.45) is 11.3. The normalized spacial score (nSPS) is 22.4. The molecule has 0 aliphatic heterocycles. The predicted molar refractivity (Wildman–Crippen MR) is 86.0 cm³/mol. The average molecular weight is 271 g/mol. The van der Waals surface area contributed by atoms with Crippen molar-refractivity contribution >= 4 is 0 Å². The second-order valence-corrected chi connectivity index (χ2v) is 6.77. The summed E-state index contributed by atoms with van der Waals surface area (Å²) in [6.45, 7) is 3.39. The summed E-state index contributed by atoms with van der Waals surface area (Å²) < 4.78 is 0. The molecule has 1 heteroatoms. The van der Waals surface area contributed by atoms with Crippen LogP contribution in [0, 0.1) is 11.8 Å². The fourth-order valence-electron chi connectivity index (χ4n) is 4.47. The monoisotopic (exact) mass is 271 g/mol. The maximum Gasteiger partial charge on any atom is 0.0130 e. The predicted octanol–water partition coefficient (Wildman–Crippen LogP) is 4.35. The van der Waals surface area contributed by atoms with Crippen molar-refractivity contribution in [2.75, 3.05) is 6.54 Å². The summed E-state index contributed by atoms with van der Waals surface area (Å²) in [5.41, 5.74) is 3.21. The molecule has 0 saturated heterocycles. The van der Waals surface area contributed by atoms with Crippen LogP contribution in [0.2, 0.25) is 0 Å². The van der Waals surface area contributed by atoms with E-state index >= 15 is 0 Å². The zero-order chi connectivity index (χ0) is 13.8. The first-order valence-corrected chi connectivity index (χ1v) is 8.68. The van der Waals surface area contributed by atoms with E-state index in [0.29, 0.717) is 0 Å². The Hall–Kier alpha value is -0.820. The van der Waals surface area contributed by atoms with Crippen molar-refractivity contribution in [1.82, 2.24) is 5.32 Å². The van der Waals surface area contributed by atoms with E-state index in [1.54, 1.807) is 11.1 Å². The molecule has 0 bridgehead atoms. The number of benzene rings is 1. The second kappa shape index (κ2) is 6.76. The Morgan fingerprint density at radius 1 is 0.950 bits per heavy atom. The molecule has 1 nitrogen and oxygen atoms in total. The molecule has 0 aromatic heterocycles. The maximum atomic E-state index is 3.86. The Labute approximate surface area is 124 Å². The molecule has 1 aromatic rings. The van der Waals surface area contributed by atoms with Gasteiger partial charge in [-0.25, -0.2) is 0 Å². The molecule has 20 heavy (non-hydrogen) atoms. The smallest absolute Gasteiger partial charge is 0.0130 e. The molecule has 2 aliphatic carbocycles. The van der Waals surface area contributed by atoms with Gasteiger partial charge in [0.05, 0.1) is 0 Å². The Morgan fingerprint density at radius 2 is 1.55 bits per heavy atom. The van der Waals surface area contributed by atoms with Crippen LogP contribution in [0.5, 0.6) is 0 Å². The van der Waals surface area contributed by atoms with Crippen LogP contribution in [0.4, 0.5) is 0 Å². The SMILES string of the molecule is CCNC(C1CCCCCC1)C1Cc2ccccc2C1. The van der Waals surface area contributed by atoms with Gasteiger partial charge in [0.25, 0.3) is 0 Å². The Morgan fingerprint density at radius 3 is 2.10 bits per heavy atom. The number of hydrogen-bond donors (Lipinski definition) is 1. The molecule has 3 rings (SSSR count). The lowest BCUT2D eigenvalue weighted by molar-refractivity contribution is 0.243. The van der Waals surface area contributed by atoms with E-state index in [1.165, 1.54) is 51.4 Å². The van der Waals surface area contributed by atoms with Crippen LogP contribution in [0.3, 0.4) is 0 Å². The first-order chi connectivity index (χ1) is 9.88. The lowest BCUT2D eigenvalue weighted by Crippen LogP contribution is -2.42. The molecular formula is C19H29N. The summed E-state index contributed by atoms with van der Waals surface area (Å²) in [5.74, 6) is 1.74. The van der Waals surface area contributed by atoms with Crippen LogP contribution in [-0.2, 0) is 12.8 Å². The van der Waals surface area contributed by atoms with E-state index < -0.39 is 0 Å². The van der Waals surface area contributed by atoms with E-state index in [0.717, 1.165) is 24.4 Å². The number of fused-ring (bicyclic) bond motifs is 1. The van der Waals surface area contributed by atoms with Crippen LogP contribution in [-0.4, -0.2) is 12.6 Å². The lowest BCUT2D eigenvalue weighted by atomic mass is 9.82. The number of nitrogens with one attached hydrogen (secondary N) is 1. The Kier molecular flexibility index (Phi) is 4.77. The molecule has 0 amide bonds. The molecule has 0 heterocycles. The van der Waals surface area contributed by atoms with Gasteiger partial charge in [-0.2, -0.15) is 0 Å².